The summed E-state index contributed by atoms with van der Waals surface area (Å²) in [5.74, 6) is 0.713. The molecule has 8 nitrogen and oxygen atoms in total. The summed E-state index contributed by atoms with van der Waals surface area (Å²) in [5.41, 5.74) is 0.803. The van der Waals surface area contributed by atoms with E-state index in [1.165, 1.54) is 24.3 Å². The molecule has 0 saturated heterocycles. The number of aliphatic hydroxyl groups excluding tert-OH is 1. The molecular formula is C16H14N2O6. The van der Waals surface area contributed by atoms with E-state index in [0.29, 0.717) is 22.6 Å². The second kappa shape index (κ2) is 6.55. The lowest BCUT2D eigenvalue weighted by Gasteiger charge is -2.12. The third-order valence-corrected chi connectivity index (χ3v) is 3.58. The molecule has 2 N–H and O–H groups in total. The van der Waals surface area contributed by atoms with Crippen LogP contribution in [0.1, 0.15) is 22.0 Å². The summed E-state index contributed by atoms with van der Waals surface area (Å²) in [6.07, 6.45) is -0.969. The Labute approximate surface area is 136 Å². The Morgan fingerprint density at radius 1 is 1.21 bits per heavy atom. The average Bonchev–Trinajstić information content (AvgIpc) is 3.07. The van der Waals surface area contributed by atoms with Crippen LogP contribution in [0.2, 0.25) is 0 Å². The molecule has 3 rings (SSSR count). The van der Waals surface area contributed by atoms with Gasteiger partial charge in [-0.25, -0.2) is 0 Å². The van der Waals surface area contributed by atoms with Crippen LogP contribution in [-0.4, -0.2) is 29.3 Å². The Balaban J connectivity index is 1.60. The number of nitro groups is 1. The van der Waals surface area contributed by atoms with Gasteiger partial charge in [-0.2, -0.15) is 0 Å². The minimum atomic E-state index is -0.969. The Hall–Kier alpha value is -3.13. The summed E-state index contributed by atoms with van der Waals surface area (Å²) in [6.45, 7) is 0.102. The molecule has 1 atom stereocenters. The number of amides is 1. The summed E-state index contributed by atoms with van der Waals surface area (Å²) in [4.78, 5) is 22.2. The predicted octanol–water partition coefficient (Wildman–Crippen LogP) is 1.79. The number of hydrogen-bond donors (Lipinski definition) is 2. The van der Waals surface area contributed by atoms with Crippen molar-refractivity contribution in [1.82, 2.24) is 5.32 Å². The quantitative estimate of drug-likeness (QED) is 0.638. The molecule has 1 aliphatic heterocycles. The first-order chi connectivity index (χ1) is 11.5. The van der Waals surface area contributed by atoms with E-state index in [4.69, 9.17) is 9.47 Å². The molecule has 0 spiro atoms. The zero-order chi connectivity index (χ0) is 17.1. The molecule has 0 unspecified atom stereocenters. The number of carbonyl (C=O) groups excluding carboxylic acids is 1. The molecule has 124 valence electrons. The maximum absolute atomic E-state index is 12.1. The highest BCUT2D eigenvalue weighted by molar-refractivity contribution is 5.94. The zero-order valence-electron chi connectivity index (χ0n) is 12.5. The average molecular weight is 330 g/mol. The lowest BCUT2D eigenvalue weighted by Crippen LogP contribution is -2.28. The molecule has 1 aliphatic rings. The molecule has 0 bridgehead atoms. The molecule has 8 heteroatoms. The normalized spacial score (nSPS) is 13.4. The van der Waals surface area contributed by atoms with Gasteiger partial charge in [0, 0.05) is 24.2 Å². The maximum Gasteiger partial charge on any atom is 0.269 e. The molecule has 1 heterocycles. The highest BCUT2D eigenvalue weighted by Gasteiger charge is 2.17. The van der Waals surface area contributed by atoms with Crippen molar-refractivity contribution < 1.29 is 24.3 Å². The first kappa shape index (κ1) is 15.8. The minimum Gasteiger partial charge on any atom is -0.454 e. The number of nitrogens with one attached hydrogen (secondary N) is 1. The summed E-state index contributed by atoms with van der Waals surface area (Å²) < 4.78 is 10.4. The molecule has 0 fully saturated rings. The Bertz CT molecular complexity index is 775. The van der Waals surface area contributed by atoms with Crippen molar-refractivity contribution in [2.45, 2.75) is 6.10 Å². The van der Waals surface area contributed by atoms with Gasteiger partial charge in [-0.1, -0.05) is 0 Å². The number of nitro benzene ring substituents is 1. The third kappa shape index (κ3) is 3.28. The van der Waals surface area contributed by atoms with Gasteiger partial charge in [0.05, 0.1) is 11.0 Å². The van der Waals surface area contributed by atoms with Crippen molar-refractivity contribution in [3.05, 3.63) is 63.7 Å². The van der Waals surface area contributed by atoms with E-state index in [1.807, 2.05) is 0 Å². The van der Waals surface area contributed by atoms with E-state index in [9.17, 15) is 20.0 Å². The number of rotatable bonds is 5. The van der Waals surface area contributed by atoms with Crippen molar-refractivity contribution in [2.24, 2.45) is 0 Å². The number of nitrogens with zero attached hydrogens (tertiary/aromatic N) is 1. The number of fused-ring (bicyclic) bond motifs is 1. The van der Waals surface area contributed by atoms with Gasteiger partial charge in [0.2, 0.25) is 6.79 Å². The van der Waals surface area contributed by atoms with Crippen molar-refractivity contribution in [3.63, 3.8) is 0 Å². The summed E-state index contributed by atoms with van der Waals surface area (Å²) in [5, 5.41) is 23.3. The van der Waals surface area contributed by atoms with Crippen LogP contribution in [0.3, 0.4) is 0 Å². The lowest BCUT2D eigenvalue weighted by molar-refractivity contribution is -0.384. The SMILES string of the molecule is O=C(NC[C@@H](O)c1ccc([N+](=O)[O-])cc1)c1ccc2c(c1)OCO2. The van der Waals surface area contributed by atoms with Crippen LogP contribution >= 0.6 is 0 Å². The number of carbonyl (C=O) groups is 1. The summed E-state index contributed by atoms with van der Waals surface area (Å²) >= 11 is 0. The van der Waals surface area contributed by atoms with Crippen molar-refractivity contribution in [1.29, 1.82) is 0 Å². The fourth-order valence-electron chi connectivity index (χ4n) is 2.27. The van der Waals surface area contributed by atoms with Crippen LogP contribution in [0.25, 0.3) is 0 Å². The van der Waals surface area contributed by atoms with Gasteiger partial charge in [0.1, 0.15) is 0 Å². The van der Waals surface area contributed by atoms with Gasteiger partial charge in [0.25, 0.3) is 11.6 Å². The second-order valence-corrected chi connectivity index (χ2v) is 5.14. The largest absolute Gasteiger partial charge is 0.454 e. The van der Waals surface area contributed by atoms with E-state index in [0.717, 1.165) is 0 Å². The standard InChI is InChI=1S/C16H14N2O6/c19-13(10-1-4-12(5-2-10)18(21)22)8-17-16(20)11-3-6-14-15(7-11)24-9-23-14/h1-7,13,19H,8-9H2,(H,17,20)/t13-/m1/s1. The molecule has 1 amide bonds. The highest BCUT2D eigenvalue weighted by Crippen LogP contribution is 2.32. The smallest absolute Gasteiger partial charge is 0.269 e. The number of aliphatic hydroxyl groups is 1. The number of hydrogen-bond acceptors (Lipinski definition) is 6. The monoisotopic (exact) mass is 330 g/mol. The molecule has 2 aromatic rings. The summed E-state index contributed by atoms with van der Waals surface area (Å²) in [6, 6.07) is 10.3. The van der Waals surface area contributed by atoms with Crippen molar-refractivity contribution in [3.8, 4) is 11.5 Å². The maximum atomic E-state index is 12.1. The van der Waals surface area contributed by atoms with E-state index in [2.05, 4.69) is 5.32 Å². The molecule has 0 aromatic heterocycles. The van der Waals surface area contributed by atoms with Gasteiger partial charge in [0.15, 0.2) is 11.5 Å². The second-order valence-electron chi connectivity index (χ2n) is 5.14. The van der Waals surface area contributed by atoms with Gasteiger partial charge in [-0.15, -0.1) is 0 Å². The minimum absolute atomic E-state index is 0.0227. The highest BCUT2D eigenvalue weighted by atomic mass is 16.7. The molecule has 24 heavy (non-hydrogen) atoms. The van der Waals surface area contributed by atoms with Gasteiger partial charge in [-0.05, 0) is 35.9 Å². The van der Waals surface area contributed by atoms with E-state index in [-0.39, 0.29) is 24.9 Å². The van der Waals surface area contributed by atoms with Gasteiger partial charge >= 0.3 is 0 Å². The van der Waals surface area contributed by atoms with Crippen LogP contribution in [0.5, 0.6) is 11.5 Å². The first-order valence-electron chi connectivity index (χ1n) is 7.15. The van der Waals surface area contributed by atoms with Crippen LogP contribution in [0.15, 0.2) is 42.5 Å². The fraction of sp³-hybridized carbons (Fsp3) is 0.188. The van der Waals surface area contributed by atoms with E-state index >= 15 is 0 Å². The van der Waals surface area contributed by atoms with E-state index in [1.54, 1.807) is 18.2 Å². The summed E-state index contributed by atoms with van der Waals surface area (Å²) in [7, 11) is 0. The molecule has 0 aliphatic carbocycles. The number of non-ortho nitro benzene ring substituents is 1. The number of benzene rings is 2. The first-order valence-corrected chi connectivity index (χ1v) is 7.15. The Morgan fingerprint density at radius 2 is 1.92 bits per heavy atom. The third-order valence-electron chi connectivity index (χ3n) is 3.58. The fourth-order valence-corrected chi connectivity index (χ4v) is 2.27. The Morgan fingerprint density at radius 3 is 2.62 bits per heavy atom. The van der Waals surface area contributed by atoms with Gasteiger partial charge in [-0.3, -0.25) is 14.9 Å². The van der Waals surface area contributed by atoms with Gasteiger partial charge < -0.3 is 19.9 Å². The Kier molecular flexibility index (Phi) is 4.30. The molecule has 0 saturated carbocycles. The topological polar surface area (TPSA) is 111 Å². The van der Waals surface area contributed by atoms with Crippen LogP contribution < -0.4 is 14.8 Å². The molecular weight excluding hydrogens is 316 g/mol. The molecule has 0 radical (unpaired) electrons. The number of ether oxygens (including phenoxy) is 2. The predicted molar refractivity (Wildman–Crippen MR) is 83.0 cm³/mol. The zero-order valence-corrected chi connectivity index (χ0v) is 12.5. The van der Waals surface area contributed by atoms with Crippen LogP contribution in [-0.2, 0) is 0 Å². The van der Waals surface area contributed by atoms with Crippen molar-refractivity contribution >= 4 is 11.6 Å². The van der Waals surface area contributed by atoms with Crippen molar-refractivity contribution in [2.75, 3.05) is 13.3 Å². The van der Waals surface area contributed by atoms with Crippen LogP contribution in [0, 0.1) is 10.1 Å². The van der Waals surface area contributed by atoms with E-state index < -0.39 is 11.0 Å². The molecule has 2 aromatic carbocycles. The lowest BCUT2D eigenvalue weighted by atomic mass is 10.1. The van der Waals surface area contributed by atoms with Crippen LogP contribution in [0.4, 0.5) is 5.69 Å².